The molecule has 7 heteroatoms. The maximum Gasteiger partial charge on any atom is 0.224 e. The summed E-state index contributed by atoms with van der Waals surface area (Å²) in [5, 5.41) is 9.31. The predicted octanol–water partition coefficient (Wildman–Crippen LogP) is 1.82. The number of carbonyl (C=O) groups excluding carboxylic acids is 1. The highest BCUT2D eigenvalue weighted by atomic mass is 127. The van der Waals surface area contributed by atoms with Crippen molar-refractivity contribution in [2.24, 2.45) is 4.99 Å². The first-order valence-electron chi connectivity index (χ1n) is 7.73. The Balaban J connectivity index is 0.00000264. The summed E-state index contributed by atoms with van der Waals surface area (Å²) in [7, 11) is 0. The van der Waals surface area contributed by atoms with Gasteiger partial charge in [-0.05, 0) is 37.5 Å². The van der Waals surface area contributed by atoms with Crippen LogP contribution in [0.3, 0.4) is 0 Å². The summed E-state index contributed by atoms with van der Waals surface area (Å²) in [6.45, 7) is 3.85. The molecule has 5 nitrogen and oxygen atoms in total. The van der Waals surface area contributed by atoms with Crippen LogP contribution in [0.4, 0.5) is 4.39 Å². The minimum Gasteiger partial charge on any atom is -0.357 e. The zero-order valence-electron chi connectivity index (χ0n) is 13.3. The lowest BCUT2D eigenvalue weighted by Crippen LogP contribution is -2.39. The van der Waals surface area contributed by atoms with Gasteiger partial charge in [0, 0.05) is 19.1 Å². The summed E-state index contributed by atoms with van der Waals surface area (Å²) in [6.07, 6.45) is 2.64. The van der Waals surface area contributed by atoms with Gasteiger partial charge in [-0.2, -0.15) is 0 Å². The van der Waals surface area contributed by atoms with Crippen molar-refractivity contribution < 1.29 is 9.18 Å². The first-order valence-corrected chi connectivity index (χ1v) is 7.73. The number of halogens is 2. The number of hydrogen-bond donors (Lipinski definition) is 3. The Kier molecular flexibility index (Phi) is 8.90. The molecule has 0 saturated heterocycles. The maximum atomic E-state index is 12.8. The van der Waals surface area contributed by atoms with Crippen molar-refractivity contribution in [1.82, 2.24) is 16.0 Å². The summed E-state index contributed by atoms with van der Waals surface area (Å²) >= 11 is 0. The minimum absolute atomic E-state index is 0. The number of amides is 1. The normalized spacial score (nSPS) is 13.9. The zero-order chi connectivity index (χ0) is 15.8. The molecule has 128 valence electrons. The second-order valence-electron chi connectivity index (χ2n) is 5.33. The molecule has 0 aliphatic heterocycles. The SMILES string of the molecule is CCNC(=NCCNC(=O)Cc1ccc(F)cc1)NC1CC1.I. The number of benzene rings is 1. The lowest BCUT2D eigenvalue weighted by atomic mass is 10.1. The Bertz CT molecular complexity index is 517. The number of nitrogens with one attached hydrogen (secondary N) is 3. The van der Waals surface area contributed by atoms with Crippen molar-refractivity contribution in [3.8, 4) is 0 Å². The molecule has 1 amide bonds. The smallest absolute Gasteiger partial charge is 0.224 e. The third-order valence-electron chi connectivity index (χ3n) is 3.24. The van der Waals surface area contributed by atoms with Gasteiger partial charge in [0.2, 0.25) is 5.91 Å². The maximum absolute atomic E-state index is 12.8. The highest BCUT2D eigenvalue weighted by Crippen LogP contribution is 2.18. The van der Waals surface area contributed by atoms with Crippen LogP contribution in [0.15, 0.2) is 29.3 Å². The van der Waals surface area contributed by atoms with E-state index in [-0.39, 0.29) is 42.1 Å². The number of carbonyl (C=O) groups is 1. The van der Waals surface area contributed by atoms with Crippen molar-refractivity contribution in [3.05, 3.63) is 35.6 Å². The number of guanidine groups is 1. The van der Waals surface area contributed by atoms with Crippen LogP contribution in [0.1, 0.15) is 25.3 Å². The summed E-state index contributed by atoms with van der Waals surface area (Å²) < 4.78 is 12.8. The van der Waals surface area contributed by atoms with Crippen LogP contribution in [0, 0.1) is 5.82 Å². The molecule has 1 saturated carbocycles. The van der Waals surface area contributed by atoms with E-state index < -0.39 is 0 Å². The minimum atomic E-state index is -0.294. The molecular formula is C16H24FIN4O. The second kappa shape index (κ2) is 10.4. The Morgan fingerprint density at radius 2 is 1.96 bits per heavy atom. The van der Waals surface area contributed by atoms with Gasteiger partial charge in [0.05, 0.1) is 13.0 Å². The number of nitrogens with zero attached hydrogens (tertiary/aromatic N) is 1. The monoisotopic (exact) mass is 434 g/mol. The lowest BCUT2D eigenvalue weighted by molar-refractivity contribution is -0.120. The lowest BCUT2D eigenvalue weighted by Gasteiger charge is -2.10. The van der Waals surface area contributed by atoms with E-state index in [1.807, 2.05) is 6.92 Å². The van der Waals surface area contributed by atoms with Gasteiger partial charge in [-0.3, -0.25) is 9.79 Å². The van der Waals surface area contributed by atoms with Gasteiger partial charge in [-0.15, -0.1) is 24.0 Å². The van der Waals surface area contributed by atoms with E-state index in [2.05, 4.69) is 20.9 Å². The van der Waals surface area contributed by atoms with Crippen LogP contribution in [0.5, 0.6) is 0 Å². The van der Waals surface area contributed by atoms with Gasteiger partial charge < -0.3 is 16.0 Å². The molecule has 0 unspecified atom stereocenters. The fraction of sp³-hybridized carbons (Fsp3) is 0.500. The van der Waals surface area contributed by atoms with Gasteiger partial charge in [0.1, 0.15) is 5.82 Å². The molecule has 0 radical (unpaired) electrons. The van der Waals surface area contributed by atoms with Crippen LogP contribution in [0.25, 0.3) is 0 Å². The van der Waals surface area contributed by atoms with Gasteiger partial charge in [-0.25, -0.2) is 4.39 Å². The second-order valence-corrected chi connectivity index (χ2v) is 5.33. The highest BCUT2D eigenvalue weighted by molar-refractivity contribution is 14.0. The Labute approximate surface area is 153 Å². The van der Waals surface area contributed by atoms with Crippen LogP contribution < -0.4 is 16.0 Å². The van der Waals surface area contributed by atoms with Crippen LogP contribution >= 0.6 is 24.0 Å². The molecule has 1 aromatic carbocycles. The van der Waals surface area contributed by atoms with Gasteiger partial charge in [-0.1, -0.05) is 12.1 Å². The van der Waals surface area contributed by atoms with Gasteiger partial charge in [0.25, 0.3) is 0 Å². The molecule has 0 heterocycles. The molecule has 0 spiro atoms. The van der Waals surface area contributed by atoms with Crippen molar-refractivity contribution in [2.45, 2.75) is 32.2 Å². The fourth-order valence-corrected chi connectivity index (χ4v) is 1.95. The largest absolute Gasteiger partial charge is 0.357 e. The van der Waals surface area contributed by atoms with E-state index in [9.17, 15) is 9.18 Å². The van der Waals surface area contributed by atoms with Crippen molar-refractivity contribution in [1.29, 1.82) is 0 Å². The number of hydrogen-bond acceptors (Lipinski definition) is 2. The average molecular weight is 434 g/mol. The van der Waals surface area contributed by atoms with Crippen molar-refractivity contribution in [2.75, 3.05) is 19.6 Å². The van der Waals surface area contributed by atoms with E-state index in [0.29, 0.717) is 19.1 Å². The molecule has 1 aromatic rings. The Hall–Kier alpha value is -1.38. The van der Waals surface area contributed by atoms with E-state index in [4.69, 9.17) is 0 Å². The molecule has 1 aliphatic carbocycles. The van der Waals surface area contributed by atoms with Gasteiger partial charge in [0.15, 0.2) is 5.96 Å². The molecule has 0 atom stereocenters. The highest BCUT2D eigenvalue weighted by Gasteiger charge is 2.21. The van der Waals surface area contributed by atoms with E-state index >= 15 is 0 Å². The van der Waals surface area contributed by atoms with Crippen molar-refractivity contribution in [3.63, 3.8) is 0 Å². The molecule has 1 fully saturated rings. The van der Waals surface area contributed by atoms with Crippen LogP contribution in [-0.4, -0.2) is 37.5 Å². The molecule has 0 aromatic heterocycles. The fourth-order valence-electron chi connectivity index (χ4n) is 1.95. The summed E-state index contributed by atoms with van der Waals surface area (Å²) in [5.74, 6) is 0.428. The summed E-state index contributed by atoms with van der Waals surface area (Å²) in [6, 6.07) is 6.51. The van der Waals surface area contributed by atoms with Crippen LogP contribution in [-0.2, 0) is 11.2 Å². The zero-order valence-corrected chi connectivity index (χ0v) is 15.6. The molecule has 23 heavy (non-hydrogen) atoms. The van der Waals surface area contributed by atoms with E-state index in [0.717, 1.165) is 18.1 Å². The Morgan fingerprint density at radius 3 is 2.57 bits per heavy atom. The first kappa shape index (κ1) is 19.7. The predicted molar refractivity (Wildman–Crippen MR) is 101 cm³/mol. The molecule has 3 N–H and O–H groups in total. The average Bonchev–Trinajstić information content (AvgIpc) is 3.30. The third-order valence-corrected chi connectivity index (χ3v) is 3.24. The molecule has 1 aliphatic rings. The first-order chi connectivity index (χ1) is 10.7. The van der Waals surface area contributed by atoms with E-state index in [1.54, 1.807) is 12.1 Å². The van der Waals surface area contributed by atoms with Gasteiger partial charge >= 0.3 is 0 Å². The third kappa shape index (κ3) is 8.15. The molecule has 0 bridgehead atoms. The number of aliphatic imine (C=N–C) groups is 1. The molecule has 2 rings (SSSR count). The number of rotatable bonds is 7. The summed E-state index contributed by atoms with van der Waals surface area (Å²) in [4.78, 5) is 16.2. The van der Waals surface area contributed by atoms with Crippen LogP contribution in [0.2, 0.25) is 0 Å². The van der Waals surface area contributed by atoms with E-state index in [1.165, 1.54) is 25.0 Å². The quantitative estimate of drug-likeness (QED) is 0.266. The Morgan fingerprint density at radius 1 is 1.26 bits per heavy atom. The standard InChI is InChI=1S/C16H23FN4O.HI/c1-2-18-16(21-14-7-8-14)20-10-9-19-15(22)11-12-3-5-13(17)6-4-12;/h3-6,14H,2,7-11H2,1H3,(H,19,22)(H2,18,20,21);1H. The van der Waals surface area contributed by atoms with Crippen molar-refractivity contribution >= 4 is 35.8 Å². The molecular weight excluding hydrogens is 410 g/mol. The topological polar surface area (TPSA) is 65.5 Å². The summed E-state index contributed by atoms with van der Waals surface area (Å²) in [5.41, 5.74) is 0.797.